The molecule has 0 radical (unpaired) electrons. The number of aromatic hydroxyl groups is 2. The summed E-state index contributed by atoms with van der Waals surface area (Å²) in [5, 5.41) is 30.0. The Kier molecular flexibility index (Phi) is 4.01. The first-order valence-electron chi connectivity index (χ1n) is 6.15. The van der Waals surface area contributed by atoms with Crippen molar-refractivity contribution in [3.63, 3.8) is 0 Å². The fourth-order valence-electron chi connectivity index (χ4n) is 1.92. The van der Waals surface area contributed by atoms with Crippen LogP contribution in [0, 0.1) is 0 Å². The van der Waals surface area contributed by atoms with Crippen LogP contribution in [0.3, 0.4) is 0 Å². The summed E-state index contributed by atoms with van der Waals surface area (Å²) in [6, 6.07) is 4.63. The largest absolute Gasteiger partial charge is 0.508 e. The van der Waals surface area contributed by atoms with Gasteiger partial charge in [-0.3, -0.25) is 0 Å². The van der Waals surface area contributed by atoms with Gasteiger partial charge >= 0.3 is 0 Å². The van der Waals surface area contributed by atoms with Crippen molar-refractivity contribution in [3.8, 4) is 11.5 Å². The highest BCUT2D eigenvalue weighted by atomic mass is 16.3. The molecule has 0 amide bonds. The monoisotopic (exact) mass is 262 g/mol. The van der Waals surface area contributed by atoms with Crippen LogP contribution < -0.4 is 5.32 Å². The maximum Gasteiger partial charge on any atom is 0.133 e. The van der Waals surface area contributed by atoms with Crippen molar-refractivity contribution >= 4 is 0 Å². The fourth-order valence-corrected chi connectivity index (χ4v) is 1.92. The van der Waals surface area contributed by atoms with Crippen LogP contribution in [0.25, 0.3) is 0 Å². The van der Waals surface area contributed by atoms with Crippen LogP contribution in [0.2, 0.25) is 0 Å². The van der Waals surface area contributed by atoms with E-state index >= 15 is 0 Å². The van der Waals surface area contributed by atoms with E-state index < -0.39 is 0 Å². The van der Waals surface area contributed by atoms with Crippen LogP contribution in [-0.4, -0.2) is 31.5 Å². The Morgan fingerprint density at radius 3 is 2.53 bits per heavy atom. The van der Waals surface area contributed by atoms with E-state index in [-0.39, 0.29) is 17.5 Å². The summed E-state index contributed by atoms with van der Waals surface area (Å²) in [6.45, 7) is 2.72. The number of hydrogen-bond donors (Lipinski definition) is 3. The zero-order chi connectivity index (χ0) is 13.8. The van der Waals surface area contributed by atoms with Gasteiger partial charge in [0.25, 0.3) is 0 Å². The Morgan fingerprint density at radius 2 is 1.95 bits per heavy atom. The number of aryl methyl sites for hydroxylation is 1. The summed E-state index contributed by atoms with van der Waals surface area (Å²) in [7, 11) is 1.91. The lowest BCUT2D eigenvalue weighted by Gasteiger charge is -2.14. The second-order valence-electron chi connectivity index (χ2n) is 4.57. The zero-order valence-corrected chi connectivity index (χ0v) is 11.0. The molecule has 0 aliphatic carbocycles. The molecule has 1 aromatic carbocycles. The van der Waals surface area contributed by atoms with Crippen LogP contribution in [0.5, 0.6) is 11.5 Å². The summed E-state index contributed by atoms with van der Waals surface area (Å²) < 4.78 is 1.88. The lowest BCUT2D eigenvalue weighted by Crippen LogP contribution is -2.22. The molecule has 0 spiro atoms. The molecule has 2 aromatic rings. The van der Waals surface area contributed by atoms with Gasteiger partial charge < -0.3 is 20.1 Å². The molecular weight excluding hydrogens is 244 g/mol. The maximum atomic E-state index is 9.45. The molecule has 1 atom stereocenters. The highest BCUT2D eigenvalue weighted by Crippen LogP contribution is 2.24. The summed E-state index contributed by atoms with van der Waals surface area (Å²) in [5.41, 5.74) is 0.843. The quantitative estimate of drug-likeness (QED) is 0.752. The number of nitrogens with zero attached hydrogens (tertiary/aromatic N) is 3. The summed E-state index contributed by atoms with van der Waals surface area (Å²) in [6.07, 6.45) is 2.44. The summed E-state index contributed by atoms with van der Waals surface area (Å²) in [5.74, 6) is 1.05. The predicted molar refractivity (Wildman–Crippen MR) is 70.9 cm³/mol. The molecular formula is C13H18N4O2. The van der Waals surface area contributed by atoms with Crippen LogP contribution in [-0.2, 0) is 13.5 Å². The molecule has 0 saturated heterocycles. The molecule has 102 valence electrons. The Balaban J connectivity index is 1.90. The standard InChI is InChI=1S/C13H18N4O2/c1-9(10-5-11(18)7-12(19)6-10)14-4-3-13-16-15-8-17(13)2/h5-9,14,18-19H,3-4H2,1-2H3. The minimum atomic E-state index is 0.0335. The number of aromatic nitrogens is 3. The molecule has 2 rings (SSSR count). The van der Waals surface area contributed by atoms with Gasteiger partial charge in [-0.1, -0.05) is 0 Å². The summed E-state index contributed by atoms with van der Waals surface area (Å²) >= 11 is 0. The van der Waals surface area contributed by atoms with Gasteiger partial charge in [0.05, 0.1) is 0 Å². The Labute approximate surface area is 111 Å². The van der Waals surface area contributed by atoms with Crippen molar-refractivity contribution in [3.05, 3.63) is 35.9 Å². The van der Waals surface area contributed by atoms with E-state index in [0.717, 1.165) is 24.4 Å². The molecule has 1 aromatic heterocycles. The second kappa shape index (κ2) is 5.71. The smallest absolute Gasteiger partial charge is 0.133 e. The topological polar surface area (TPSA) is 83.2 Å². The average molecular weight is 262 g/mol. The molecule has 0 aliphatic rings. The second-order valence-corrected chi connectivity index (χ2v) is 4.57. The van der Waals surface area contributed by atoms with Crippen molar-refractivity contribution < 1.29 is 10.2 Å². The van der Waals surface area contributed by atoms with Gasteiger partial charge in [0.15, 0.2) is 0 Å². The SMILES string of the molecule is CC(NCCc1nncn1C)c1cc(O)cc(O)c1. The zero-order valence-electron chi connectivity index (χ0n) is 11.0. The van der Waals surface area contributed by atoms with E-state index in [9.17, 15) is 10.2 Å². The molecule has 0 aliphatic heterocycles. The van der Waals surface area contributed by atoms with E-state index in [4.69, 9.17) is 0 Å². The van der Waals surface area contributed by atoms with Gasteiger partial charge in [0, 0.05) is 32.1 Å². The number of phenolic OH excluding ortho intramolecular Hbond substituents is 2. The molecule has 6 heteroatoms. The lowest BCUT2D eigenvalue weighted by molar-refractivity contribution is 0.446. The van der Waals surface area contributed by atoms with Crippen molar-refractivity contribution in [2.24, 2.45) is 7.05 Å². The Bertz CT molecular complexity index is 533. The molecule has 0 bridgehead atoms. The minimum Gasteiger partial charge on any atom is -0.508 e. The third kappa shape index (κ3) is 3.45. The van der Waals surface area contributed by atoms with E-state index in [1.165, 1.54) is 6.07 Å². The van der Waals surface area contributed by atoms with Crippen LogP contribution in [0.1, 0.15) is 24.4 Å². The van der Waals surface area contributed by atoms with Gasteiger partial charge in [0.1, 0.15) is 23.7 Å². The van der Waals surface area contributed by atoms with Crippen molar-refractivity contribution in [2.75, 3.05) is 6.54 Å². The first-order valence-corrected chi connectivity index (χ1v) is 6.15. The van der Waals surface area contributed by atoms with Gasteiger partial charge in [-0.15, -0.1) is 10.2 Å². The van der Waals surface area contributed by atoms with Crippen LogP contribution in [0.15, 0.2) is 24.5 Å². The Hall–Kier alpha value is -2.08. The van der Waals surface area contributed by atoms with Gasteiger partial charge in [0.2, 0.25) is 0 Å². The normalized spacial score (nSPS) is 12.5. The van der Waals surface area contributed by atoms with Crippen LogP contribution in [0.4, 0.5) is 0 Å². The number of hydrogen-bond acceptors (Lipinski definition) is 5. The third-order valence-electron chi connectivity index (χ3n) is 3.03. The lowest BCUT2D eigenvalue weighted by atomic mass is 10.1. The third-order valence-corrected chi connectivity index (χ3v) is 3.03. The van der Waals surface area contributed by atoms with Gasteiger partial charge in [-0.05, 0) is 24.6 Å². The molecule has 1 unspecified atom stereocenters. The van der Waals surface area contributed by atoms with E-state index in [2.05, 4.69) is 15.5 Å². The van der Waals surface area contributed by atoms with E-state index in [0.29, 0.717) is 0 Å². The van der Waals surface area contributed by atoms with Crippen LogP contribution >= 0.6 is 0 Å². The first-order chi connectivity index (χ1) is 9.06. The number of rotatable bonds is 5. The highest BCUT2D eigenvalue weighted by molar-refractivity contribution is 5.37. The average Bonchev–Trinajstić information content (AvgIpc) is 2.74. The van der Waals surface area contributed by atoms with Crippen molar-refractivity contribution in [2.45, 2.75) is 19.4 Å². The highest BCUT2D eigenvalue weighted by Gasteiger charge is 2.08. The molecule has 0 fully saturated rings. The Morgan fingerprint density at radius 1 is 1.26 bits per heavy atom. The molecule has 6 nitrogen and oxygen atoms in total. The van der Waals surface area contributed by atoms with Gasteiger partial charge in [-0.2, -0.15) is 0 Å². The first kappa shape index (κ1) is 13.4. The number of benzene rings is 1. The molecule has 3 N–H and O–H groups in total. The number of nitrogens with one attached hydrogen (secondary N) is 1. The predicted octanol–water partition coefficient (Wildman–Crippen LogP) is 1.12. The molecule has 19 heavy (non-hydrogen) atoms. The minimum absolute atomic E-state index is 0.0335. The van der Waals surface area contributed by atoms with E-state index in [1.807, 2.05) is 18.5 Å². The number of phenols is 2. The maximum absolute atomic E-state index is 9.45. The molecule has 0 saturated carbocycles. The summed E-state index contributed by atoms with van der Waals surface area (Å²) in [4.78, 5) is 0. The van der Waals surface area contributed by atoms with E-state index in [1.54, 1.807) is 18.5 Å². The molecule has 1 heterocycles. The fraction of sp³-hybridized carbons (Fsp3) is 0.385. The van der Waals surface area contributed by atoms with Gasteiger partial charge in [-0.25, -0.2) is 0 Å². The van der Waals surface area contributed by atoms with Crippen molar-refractivity contribution in [1.29, 1.82) is 0 Å². The van der Waals surface area contributed by atoms with Crippen molar-refractivity contribution in [1.82, 2.24) is 20.1 Å².